The smallest absolute Gasteiger partial charge is 0.173 e. The van der Waals surface area contributed by atoms with Gasteiger partial charge in [-0.2, -0.15) is 11.8 Å². The largest absolute Gasteiger partial charge is 0.370 e. The minimum Gasteiger partial charge on any atom is -0.370 e. The van der Waals surface area contributed by atoms with Crippen molar-refractivity contribution in [3.05, 3.63) is 27.2 Å². The van der Waals surface area contributed by atoms with Gasteiger partial charge in [-0.3, -0.25) is 0 Å². The van der Waals surface area contributed by atoms with E-state index in [0.29, 0.717) is 0 Å². The molecule has 0 aromatic carbocycles. The minimum absolute atomic E-state index is 0.835. The van der Waals surface area contributed by atoms with Crippen LogP contribution in [0, 0.1) is 0 Å². The molecule has 0 amide bonds. The van der Waals surface area contributed by atoms with E-state index in [1.165, 1.54) is 11.3 Å². The normalized spacial score (nSPS) is 13.6. The molecular formula is C13H14BrN3S2. The molecule has 19 heavy (non-hydrogen) atoms. The molecule has 2 aromatic rings. The number of rotatable bonds is 4. The van der Waals surface area contributed by atoms with Crippen molar-refractivity contribution in [1.82, 2.24) is 9.97 Å². The van der Waals surface area contributed by atoms with Gasteiger partial charge in [0.15, 0.2) is 5.82 Å². The average Bonchev–Trinajstić information content (AvgIpc) is 3.03. The van der Waals surface area contributed by atoms with Crippen LogP contribution >= 0.6 is 39.0 Å². The fourth-order valence-corrected chi connectivity index (χ4v) is 4.52. The van der Waals surface area contributed by atoms with Gasteiger partial charge in [0.2, 0.25) is 0 Å². The Kier molecular flexibility index (Phi) is 4.10. The maximum absolute atomic E-state index is 4.73. The first-order valence-electron chi connectivity index (χ1n) is 6.24. The van der Waals surface area contributed by atoms with Gasteiger partial charge >= 0.3 is 0 Å². The Bertz CT molecular complexity index is 598. The molecule has 0 atom stereocenters. The molecule has 0 saturated heterocycles. The highest BCUT2D eigenvalue weighted by molar-refractivity contribution is 9.10. The molecule has 1 N–H and O–H groups in total. The predicted molar refractivity (Wildman–Crippen MR) is 86.8 cm³/mol. The molecule has 1 aliphatic heterocycles. The van der Waals surface area contributed by atoms with Crippen LogP contribution in [-0.4, -0.2) is 16.5 Å². The van der Waals surface area contributed by atoms with Crippen LogP contribution < -0.4 is 5.32 Å². The lowest BCUT2D eigenvalue weighted by Crippen LogP contribution is -2.07. The summed E-state index contributed by atoms with van der Waals surface area (Å²) in [5.74, 6) is 3.87. The molecule has 0 unspecified atom stereocenters. The lowest BCUT2D eigenvalue weighted by Gasteiger charge is -2.10. The molecule has 3 nitrogen and oxygen atoms in total. The van der Waals surface area contributed by atoms with Crippen molar-refractivity contribution in [1.29, 1.82) is 0 Å². The molecule has 0 fully saturated rings. The van der Waals surface area contributed by atoms with E-state index in [4.69, 9.17) is 9.97 Å². The number of halogens is 1. The topological polar surface area (TPSA) is 37.8 Å². The third-order valence-corrected chi connectivity index (χ3v) is 5.74. The summed E-state index contributed by atoms with van der Waals surface area (Å²) < 4.78 is 1.07. The number of hydrogen-bond donors (Lipinski definition) is 1. The molecule has 0 spiro atoms. The lowest BCUT2D eigenvalue weighted by atomic mass is 10.2. The molecule has 2 aromatic heterocycles. The van der Waals surface area contributed by atoms with E-state index in [2.05, 4.69) is 33.6 Å². The van der Waals surface area contributed by atoms with Crippen LogP contribution in [0.15, 0.2) is 15.9 Å². The highest BCUT2D eigenvalue weighted by atomic mass is 79.9. The zero-order valence-corrected chi connectivity index (χ0v) is 13.8. The number of nitrogens with zero attached hydrogens (tertiary/aromatic N) is 2. The summed E-state index contributed by atoms with van der Waals surface area (Å²) in [5.41, 5.74) is 2.48. The number of hydrogen-bond acceptors (Lipinski definition) is 5. The fourth-order valence-electron chi connectivity index (χ4n) is 2.00. The van der Waals surface area contributed by atoms with Gasteiger partial charge in [-0.1, -0.05) is 6.92 Å². The number of anilines is 1. The molecule has 6 heteroatoms. The highest BCUT2D eigenvalue weighted by Gasteiger charge is 2.21. The molecule has 1 aliphatic rings. The maximum Gasteiger partial charge on any atom is 0.173 e. The molecule has 0 saturated carbocycles. The molecule has 0 aliphatic carbocycles. The molecular weight excluding hydrogens is 342 g/mol. The summed E-state index contributed by atoms with van der Waals surface area (Å²) in [6.07, 6.45) is 1.10. The van der Waals surface area contributed by atoms with Crippen molar-refractivity contribution in [3.8, 4) is 10.7 Å². The van der Waals surface area contributed by atoms with Crippen molar-refractivity contribution in [2.45, 2.75) is 24.9 Å². The van der Waals surface area contributed by atoms with Gasteiger partial charge in [-0.25, -0.2) is 9.97 Å². The second kappa shape index (κ2) is 5.81. The first-order valence-corrected chi connectivity index (χ1v) is 9.07. The Morgan fingerprint density at radius 2 is 2.26 bits per heavy atom. The minimum atomic E-state index is 0.835. The summed E-state index contributed by atoms with van der Waals surface area (Å²) in [6.45, 7) is 3.12. The van der Waals surface area contributed by atoms with Crippen LogP contribution in [0.3, 0.4) is 0 Å². The molecule has 3 rings (SSSR count). The molecule has 0 bridgehead atoms. The van der Waals surface area contributed by atoms with E-state index < -0.39 is 0 Å². The van der Waals surface area contributed by atoms with E-state index in [1.54, 1.807) is 11.3 Å². The van der Waals surface area contributed by atoms with Crippen LogP contribution in [0.4, 0.5) is 5.82 Å². The van der Waals surface area contributed by atoms with Crippen molar-refractivity contribution >= 4 is 44.8 Å². The van der Waals surface area contributed by atoms with Crippen molar-refractivity contribution in [3.63, 3.8) is 0 Å². The van der Waals surface area contributed by atoms with E-state index in [-0.39, 0.29) is 0 Å². The average molecular weight is 356 g/mol. The third kappa shape index (κ3) is 2.66. The monoisotopic (exact) mass is 355 g/mol. The summed E-state index contributed by atoms with van der Waals surface area (Å²) in [4.78, 5) is 10.6. The van der Waals surface area contributed by atoms with Gasteiger partial charge in [0.05, 0.1) is 10.6 Å². The SMILES string of the molecule is CCCNc1nc(-c2sccc2Br)nc2c1CSC2. The number of thiophene rings is 1. The van der Waals surface area contributed by atoms with E-state index in [1.807, 2.05) is 17.8 Å². The van der Waals surface area contributed by atoms with Gasteiger partial charge < -0.3 is 5.32 Å². The first-order chi connectivity index (χ1) is 9.29. The Morgan fingerprint density at radius 1 is 1.37 bits per heavy atom. The zero-order chi connectivity index (χ0) is 13.2. The maximum atomic E-state index is 4.73. The summed E-state index contributed by atoms with van der Waals surface area (Å²) in [6, 6.07) is 2.05. The van der Waals surface area contributed by atoms with Gasteiger partial charge in [-0.15, -0.1) is 11.3 Å². The van der Waals surface area contributed by atoms with Crippen LogP contribution in [0.5, 0.6) is 0 Å². The summed E-state index contributed by atoms with van der Waals surface area (Å²) in [5, 5.41) is 5.50. The van der Waals surface area contributed by atoms with Crippen molar-refractivity contribution < 1.29 is 0 Å². The van der Waals surface area contributed by atoms with Gasteiger partial charge in [0.25, 0.3) is 0 Å². The number of aromatic nitrogens is 2. The standard InChI is InChI=1S/C13H14BrN3S2/c1-2-4-15-12-8-6-18-7-10(8)16-13(17-12)11-9(14)3-5-19-11/h3,5H,2,4,6-7H2,1H3,(H,15,16,17). The fraction of sp³-hybridized carbons (Fsp3) is 0.385. The Labute approximate surface area is 129 Å². The Morgan fingerprint density at radius 3 is 3.00 bits per heavy atom. The quantitative estimate of drug-likeness (QED) is 0.873. The number of thioether (sulfide) groups is 1. The summed E-state index contributed by atoms with van der Waals surface area (Å²) in [7, 11) is 0. The third-order valence-electron chi connectivity index (χ3n) is 2.94. The molecule has 0 radical (unpaired) electrons. The van der Waals surface area contributed by atoms with E-state index in [9.17, 15) is 0 Å². The van der Waals surface area contributed by atoms with Crippen LogP contribution in [0.25, 0.3) is 10.7 Å². The molecule has 3 heterocycles. The zero-order valence-electron chi connectivity index (χ0n) is 10.6. The second-order valence-electron chi connectivity index (χ2n) is 4.34. The van der Waals surface area contributed by atoms with Crippen molar-refractivity contribution in [2.75, 3.05) is 11.9 Å². The molecule has 100 valence electrons. The van der Waals surface area contributed by atoms with Gasteiger partial charge in [-0.05, 0) is 33.8 Å². The number of nitrogens with one attached hydrogen (secondary N) is 1. The van der Waals surface area contributed by atoms with Crippen LogP contribution in [-0.2, 0) is 11.5 Å². The highest BCUT2D eigenvalue weighted by Crippen LogP contribution is 2.37. The van der Waals surface area contributed by atoms with Crippen LogP contribution in [0.1, 0.15) is 24.6 Å². The summed E-state index contributed by atoms with van der Waals surface area (Å²) >= 11 is 7.15. The van der Waals surface area contributed by atoms with Gasteiger partial charge in [0, 0.05) is 28.1 Å². The van der Waals surface area contributed by atoms with Gasteiger partial charge in [0.1, 0.15) is 5.82 Å². The first kappa shape index (κ1) is 13.4. The second-order valence-corrected chi connectivity index (χ2v) is 7.09. The van der Waals surface area contributed by atoms with E-state index >= 15 is 0 Å². The predicted octanol–water partition coefficient (Wildman–Crippen LogP) is 4.54. The van der Waals surface area contributed by atoms with E-state index in [0.717, 1.165) is 45.5 Å². The number of fused-ring (bicyclic) bond motifs is 1. The lowest BCUT2D eigenvalue weighted by molar-refractivity contribution is 0.955. The Balaban J connectivity index is 2.05. The Hall–Kier alpha value is -0.590. The van der Waals surface area contributed by atoms with Crippen molar-refractivity contribution in [2.24, 2.45) is 0 Å². The van der Waals surface area contributed by atoms with Crippen LogP contribution in [0.2, 0.25) is 0 Å².